The van der Waals surface area contributed by atoms with Crippen molar-refractivity contribution in [2.45, 2.75) is 4.90 Å². The van der Waals surface area contributed by atoms with E-state index in [1.54, 1.807) is 0 Å². The molecule has 0 fully saturated rings. The van der Waals surface area contributed by atoms with E-state index in [4.69, 9.17) is 10.5 Å². The Hall–Kier alpha value is -2.28. The summed E-state index contributed by atoms with van der Waals surface area (Å²) >= 11 is 0. The second kappa shape index (κ2) is 5.38. The van der Waals surface area contributed by atoms with Gasteiger partial charge in [-0.2, -0.15) is 0 Å². The van der Waals surface area contributed by atoms with Gasteiger partial charge in [-0.05, 0) is 36.4 Å². The van der Waals surface area contributed by atoms with Crippen molar-refractivity contribution < 1.29 is 17.5 Å². The van der Waals surface area contributed by atoms with Crippen molar-refractivity contribution in [1.82, 2.24) is 0 Å². The Bertz CT molecular complexity index is 715. The Morgan fingerprint density at radius 1 is 1.15 bits per heavy atom. The summed E-state index contributed by atoms with van der Waals surface area (Å²) in [5.41, 5.74) is 6.22. The van der Waals surface area contributed by atoms with Gasteiger partial charge in [-0.25, -0.2) is 12.8 Å². The van der Waals surface area contributed by atoms with Gasteiger partial charge >= 0.3 is 0 Å². The Kier molecular flexibility index (Phi) is 3.80. The summed E-state index contributed by atoms with van der Waals surface area (Å²) in [4.78, 5) is -0.0430. The van der Waals surface area contributed by atoms with E-state index in [0.29, 0.717) is 5.69 Å². The highest BCUT2D eigenvalue weighted by Gasteiger charge is 2.19. The van der Waals surface area contributed by atoms with Crippen molar-refractivity contribution in [2.75, 3.05) is 17.6 Å². The monoisotopic (exact) mass is 296 g/mol. The fourth-order valence-electron chi connectivity index (χ4n) is 1.63. The first-order valence-electron chi connectivity index (χ1n) is 5.64. The summed E-state index contributed by atoms with van der Waals surface area (Å²) in [6, 6.07) is 9.21. The number of rotatable bonds is 4. The van der Waals surface area contributed by atoms with Gasteiger partial charge in [-0.15, -0.1) is 0 Å². The number of nitrogen functional groups attached to an aromatic ring is 1. The molecule has 20 heavy (non-hydrogen) atoms. The Balaban J connectivity index is 2.38. The Morgan fingerprint density at radius 3 is 2.40 bits per heavy atom. The number of nitrogens with one attached hydrogen (secondary N) is 1. The van der Waals surface area contributed by atoms with Crippen molar-refractivity contribution in [2.24, 2.45) is 0 Å². The molecule has 2 rings (SSSR count). The van der Waals surface area contributed by atoms with Crippen LogP contribution in [0.5, 0.6) is 5.75 Å². The first-order valence-corrected chi connectivity index (χ1v) is 7.12. The van der Waals surface area contributed by atoms with Crippen LogP contribution in [-0.2, 0) is 10.0 Å². The summed E-state index contributed by atoms with van der Waals surface area (Å²) in [5, 5.41) is 0. The van der Waals surface area contributed by atoms with Gasteiger partial charge in [0.15, 0.2) is 0 Å². The molecule has 0 aliphatic carbocycles. The summed E-state index contributed by atoms with van der Waals surface area (Å²) in [6.45, 7) is 0. The third kappa shape index (κ3) is 3.00. The number of halogens is 1. The predicted octanol–water partition coefficient (Wildman–Crippen LogP) is 2.22. The molecule has 5 nitrogen and oxygen atoms in total. The lowest BCUT2D eigenvalue weighted by Crippen LogP contribution is -2.14. The van der Waals surface area contributed by atoms with Gasteiger partial charge in [-0.3, -0.25) is 4.72 Å². The summed E-state index contributed by atoms with van der Waals surface area (Å²) < 4.78 is 44.6. The largest absolute Gasteiger partial charge is 0.495 e. The fourth-order valence-corrected chi connectivity index (χ4v) is 2.84. The van der Waals surface area contributed by atoms with Crippen LogP contribution in [0.2, 0.25) is 0 Å². The summed E-state index contributed by atoms with van der Waals surface area (Å²) in [5.74, 6) is -0.308. The van der Waals surface area contributed by atoms with Crippen LogP contribution in [0.4, 0.5) is 15.8 Å². The number of methoxy groups -OCH3 is 1. The van der Waals surface area contributed by atoms with E-state index in [1.165, 1.54) is 37.4 Å². The van der Waals surface area contributed by atoms with Crippen LogP contribution in [0.1, 0.15) is 0 Å². The predicted molar refractivity (Wildman–Crippen MR) is 74.6 cm³/mol. The van der Waals surface area contributed by atoms with E-state index in [1.807, 2.05) is 0 Å². The minimum Gasteiger partial charge on any atom is -0.495 e. The topological polar surface area (TPSA) is 81.4 Å². The highest BCUT2D eigenvalue weighted by Crippen LogP contribution is 2.27. The van der Waals surface area contributed by atoms with Crippen LogP contribution in [0.15, 0.2) is 47.4 Å². The zero-order chi connectivity index (χ0) is 14.8. The van der Waals surface area contributed by atoms with Gasteiger partial charge in [0, 0.05) is 17.4 Å². The Labute approximate surface area is 116 Å². The molecule has 0 radical (unpaired) electrons. The van der Waals surface area contributed by atoms with E-state index < -0.39 is 15.8 Å². The number of anilines is 2. The van der Waals surface area contributed by atoms with E-state index in [9.17, 15) is 12.8 Å². The molecule has 0 bridgehead atoms. The van der Waals surface area contributed by atoms with Crippen LogP contribution in [0.25, 0.3) is 0 Å². The van der Waals surface area contributed by atoms with E-state index in [2.05, 4.69) is 4.72 Å². The molecule has 2 aromatic rings. The minimum atomic E-state index is -3.84. The van der Waals surface area contributed by atoms with Crippen LogP contribution in [0, 0.1) is 5.82 Å². The van der Waals surface area contributed by atoms with Gasteiger partial charge in [0.05, 0.1) is 7.11 Å². The third-order valence-electron chi connectivity index (χ3n) is 2.57. The van der Waals surface area contributed by atoms with Gasteiger partial charge in [0.2, 0.25) is 0 Å². The third-order valence-corrected chi connectivity index (χ3v) is 3.99. The van der Waals surface area contributed by atoms with E-state index >= 15 is 0 Å². The second-order valence-electron chi connectivity index (χ2n) is 4.02. The number of ether oxygens (including phenoxy) is 1. The highest BCUT2D eigenvalue weighted by atomic mass is 32.2. The van der Waals surface area contributed by atoms with E-state index in [-0.39, 0.29) is 16.3 Å². The molecule has 0 atom stereocenters. The number of hydrogen-bond donors (Lipinski definition) is 2. The normalized spacial score (nSPS) is 11.1. The molecule has 7 heteroatoms. The van der Waals surface area contributed by atoms with Crippen molar-refractivity contribution in [3.8, 4) is 5.75 Å². The number of sulfonamides is 1. The van der Waals surface area contributed by atoms with Crippen molar-refractivity contribution in [3.63, 3.8) is 0 Å². The first kappa shape index (κ1) is 14.1. The molecule has 0 saturated carbocycles. The minimum absolute atomic E-state index is 0.0430. The van der Waals surface area contributed by atoms with Gasteiger partial charge < -0.3 is 10.5 Å². The molecule has 0 aliphatic rings. The number of nitrogens with two attached hydrogens (primary N) is 1. The summed E-state index contributed by atoms with van der Waals surface area (Å²) in [6.07, 6.45) is 0. The lowest BCUT2D eigenvalue weighted by molar-refractivity contribution is 0.403. The quantitative estimate of drug-likeness (QED) is 0.848. The molecule has 106 valence electrons. The van der Waals surface area contributed by atoms with Crippen molar-refractivity contribution in [1.29, 1.82) is 0 Å². The average Bonchev–Trinajstić information content (AvgIpc) is 2.40. The summed E-state index contributed by atoms with van der Waals surface area (Å²) in [7, 11) is -2.49. The maximum Gasteiger partial charge on any atom is 0.265 e. The molecule has 0 aliphatic heterocycles. The molecule has 2 aromatic carbocycles. The zero-order valence-electron chi connectivity index (χ0n) is 10.6. The Morgan fingerprint density at radius 2 is 1.80 bits per heavy atom. The second-order valence-corrected chi connectivity index (χ2v) is 5.67. The lowest BCUT2D eigenvalue weighted by Gasteiger charge is -2.12. The molecule has 0 amide bonds. The van der Waals surface area contributed by atoms with E-state index in [0.717, 1.165) is 12.1 Å². The van der Waals surface area contributed by atoms with Crippen molar-refractivity contribution >= 4 is 21.4 Å². The molecular formula is C13H13FN2O3S. The molecule has 0 unspecified atom stereocenters. The maximum atomic E-state index is 12.8. The fraction of sp³-hybridized carbons (Fsp3) is 0.0769. The molecule has 0 heterocycles. The first-order chi connectivity index (χ1) is 9.42. The zero-order valence-corrected chi connectivity index (χ0v) is 11.4. The van der Waals surface area contributed by atoms with Gasteiger partial charge in [0.1, 0.15) is 16.5 Å². The van der Waals surface area contributed by atoms with Crippen molar-refractivity contribution in [3.05, 3.63) is 48.3 Å². The lowest BCUT2D eigenvalue weighted by atomic mass is 10.3. The van der Waals surface area contributed by atoms with Crippen LogP contribution in [0.3, 0.4) is 0 Å². The highest BCUT2D eigenvalue weighted by molar-refractivity contribution is 7.92. The van der Waals surface area contributed by atoms with Crippen LogP contribution < -0.4 is 15.2 Å². The average molecular weight is 296 g/mol. The smallest absolute Gasteiger partial charge is 0.265 e. The van der Waals surface area contributed by atoms with Gasteiger partial charge in [-0.1, -0.05) is 0 Å². The number of hydrogen-bond acceptors (Lipinski definition) is 4. The molecule has 0 saturated heterocycles. The van der Waals surface area contributed by atoms with Gasteiger partial charge in [0.25, 0.3) is 10.0 Å². The SMILES string of the molecule is COc1cc(N)ccc1S(=O)(=O)Nc1ccc(F)cc1. The standard InChI is InChI=1S/C13H13FN2O3S/c1-19-12-8-10(15)4-7-13(12)20(17,18)16-11-5-2-9(14)3-6-11/h2-8,16H,15H2,1H3. The molecule has 0 aromatic heterocycles. The van der Waals surface area contributed by atoms with Crippen LogP contribution in [-0.4, -0.2) is 15.5 Å². The van der Waals surface area contributed by atoms with Crippen LogP contribution >= 0.6 is 0 Å². The molecular weight excluding hydrogens is 283 g/mol. The number of benzene rings is 2. The maximum absolute atomic E-state index is 12.8. The molecule has 0 spiro atoms. The molecule has 3 N–H and O–H groups in total.